The van der Waals surface area contributed by atoms with Crippen molar-refractivity contribution >= 4 is 27.6 Å². The molecule has 0 unspecified atom stereocenters. The summed E-state index contributed by atoms with van der Waals surface area (Å²) in [6.45, 7) is 0.0555. The monoisotopic (exact) mass is 304 g/mol. The van der Waals surface area contributed by atoms with Gasteiger partial charge in [-0.05, 0) is 12.1 Å². The van der Waals surface area contributed by atoms with Crippen molar-refractivity contribution in [1.29, 1.82) is 0 Å². The Kier molecular flexibility index (Phi) is 3.34. The van der Waals surface area contributed by atoms with E-state index in [2.05, 4.69) is 31.4 Å². The van der Waals surface area contributed by atoms with Gasteiger partial charge in [-0.15, -0.1) is 5.10 Å². The second-order valence-corrected chi connectivity index (χ2v) is 3.99. The van der Waals surface area contributed by atoms with Gasteiger partial charge in [-0.1, -0.05) is 21.0 Å². The molecule has 0 bridgehead atoms. The fourth-order valence-corrected chi connectivity index (χ4v) is 1.56. The zero-order valence-corrected chi connectivity index (χ0v) is 9.96. The molecule has 90 valence electrons. The lowest BCUT2D eigenvalue weighted by molar-refractivity contribution is 0.508. The molecule has 2 aromatic rings. The quantitative estimate of drug-likeness (QED) is 0.910. The van der Waals surface area contributed by atoms with Gasteiger partial charge in [-0.3, -0.25) is 0 Å². The van der Waals surface area contributed by atoms with E-state index in [9.17, 15) is 8.78 Å². The summed E-state index contributed by atoms with van der Waals surface area (Å²) in [6, 6.07) is 2.11. The zero-order valence-electron chi connectivity index (χ0n) is 8.38. The van der Waals surface area contributed by atoms with Gasteiger partial charge in [-0.2, -0.15) is 0 Å². The lowest BCUT2D eigenvalue weighted by atomic mass is 10.3. The summed E-state index contributed by atoms with van der Waals surface area (Å²) in [4.78, 5) is 0. The Hall–Kier alpha value is -1.54. The molecule has 1 aromatic heterocycles. The summed E-state index contributed by atoms with van der Waals surface area (Å²) < 4.78 is 32.1. The van der Waals surface area contributed by atoms with Gasteiger partial charge in [0.1, 0.15) is 5.69 Å². The Bertz CT molecular complexity index is 523. The fourth-order valence-electron chi connectivity index (χ4n) is 1.16. The number of hydrogen-bond acceptors (Lipinski definition) is 5. The van der Waals surface area contributed by atoms with E-state index in [0.29, 0.717) is 4.47 Å². The van der Waals surface area contributed by atoms with E-state index in [-0.39, 0.29) is 24.1 Å². The van der Waals surface area contributed by atoms with Gasteiger partial charge in [-0.25, -0.2) is 8.78 Å². The van der Waals surface area contributed by atoms with Gasteiger partial charge in [0.15, 0.2) is 11.6 Å². The minimum absolute atomic E-state index is 0.0555. The highest BCUT2D eigenvalue weighted by molar-refractivity contribution is 9.10. The second-order valence-electron chi connectivity index (χ2n) is 3.07. The highest BCUT2D eigenvalue weighted by Crippen LogP contribution is 2.26. The van der Waals surface area contributed by atoms with Crippen molar-refractivity contribution < 1.29 is 13.2 Å². The van der Waals surface area contributed by atoms with Gasteiger partial charge in [0.2, 0.25) is 5.89 Å². The second kappa shape index (κ2) is 4.76. The molecule has 0 aliphatic rings. The van der Waals surface area contributed by atoms with Crippen LogP contribution in [0.3, 0.4) is 0 Å². The van der Waals surface area contributed by atoms with Crippen LogP contribution in [0.4, 0.5) is 20.5 Å². The molecule has 0 amide bonds. The van der Waals surface area contributed by atoms with Crippen LogP contribution in [0.25, 0.3) is 0 Å². The van der Waals surface area contributed by atoms with E-state index in [1.807, 2.05) is 0 Å². The first kappa shape index (κ1) is 11.9. The summed E-state index contributed by atoms with van der Waals surface area (Å²) in [5.41, 5.74) is 4.90. The van der Waals surface area contributed by atoms with Crippen molar-refractivity contribution in [3.63, 3.8) is 0 Å². The molecule has 17 heavy (non-hydrogen) atoms. The summed E-state index contributed by atoms with van der Waals surface area (Å²) >= 11 is 2.97. The molecule has 3 N–H and O–H groups in total. The molecule has 1 aromatic carbocycles. The molecule has 0 aliphatic carbocycles. The number of nitrogens with two attached hydrogens (primary N) is 1. The van der Waals surface area contributed by atoms with E-state index < -0.39 is 11.6 Å². The normalized spacial score (nSPS) is 10.6. The average molecular weight is 305 g/mol. The van der Waals surface area contributed by atoms with Gasteiger partial charge in [0.05, 0.1) is 6.54 Å². The molecule has 5 nitrogen and oxygen atoms in total. The maximum absolute atomic E-state index is 13.4. The third-order valence-electron chi connectivity index (χ3n) is 1.88. The summed E-state index contributed by atoms with van der Waals surface area (Å²) in [5, 5.41) is 9.44. The van der Waals surface area contributed by atoms with E-state index in [0.717, 1.165) is 12.1 Å². The topological polar surface area (TPSA) is 77.0 Å². The fraction of sp³-hybridized carbons (Fsp3) is 0.111. The largest absolute Gasteiger partial charge is 0.406 e. The molecule has 2 rings (SSSR count). The Labute approximate surface area is 103 Å². The SMILES string of the molecule is NCc1nnc(Nc2c(F)cc(Br)cc2F)o1. The predicted molar refractivity (Wildman–Crippen MR) is 59.5 cm³/mol. The minimum atomic E-state index is -0.774. The van der Waals surface area contributed by atoms with Crippen molar-refractivity contribution in [2.75, 3.05) is 5.32 Å². The number of halogens is 3. The number of hydrogen-bond donors (Lipinski definition) is 2. The lowest BCUT2D eigenvalue weighted by Crippen LogP contribution is -1.98. The van der Waals surface area contributed by atoms with Gasteiger partial charge in [0.25, 0.3) is 0 Å². The number of nitrogens with zero attached hydrogens (tertiary/aromatic N) is 2. The highest BCUT2D eigenvalue weighted by atomic mass is 79.9. The molecular formula is C9H7BrF2N4O. The Morgan fingerprint density at radius 2 is 1.94 bits per heavy atom. The average Bonchev–Trinajstić information content (AvgIpc) is 2.71. The van der Waals surface area contributed by atoms with Crippen LogP contribution in [0.1, 0.15) is 5.89 Å². The number of aromatic nitrogens is 2. The van der Waals surface area contributed by atoms with Crippen LogP contribution in [-0.4, -0.2) is 10.2 Å². The lowest BCUT2D eigenvalue weighted by Gasteiger charge is -2.04. The molecule has 0 spiro atoms. The van der Waals surface area contributed by atoms with Crippen molar-refractivity contribution in [3.8, 4) is 0 Å². The summed E-state index contributed by atoms with van der Waals surface area (Å²) in [7, 11) is 0. The van der Waals surface area contributed by atoms with Gasteiger partial charge in [0, 0.05) is 4.47 Å². The molecule has 0 fully saturated rings. The summed E-state index contributed by atoms with van der Waals surface area (Å²) in [5.74, 6) is -1.38. The third kappa shape index (κ3) is 2.59. The number of rotatable bonds is 3. The first-order valence-electron chi connectivity index (χ1n) is 4.54. The molecule has 1 heterocycles. The van der Waals surface area contributed by atoms with E-state index in [1.165, 1.54) is 0 Å². The van der Waals surface area contributed by atoms with Crippen molar-refractivity contribution in [3.05, 3.63) is 34.1 Å². The van der Waals surface area contributed by atoms with E-state index in [4.69, 9.17) is 10.2 Å². The highest BCUT2D eigenvalue weighted by Gasteiger charge is 2.13. The molecule has 0 radical (unpaired) electrons. The van der Waals surface area contributed by atoms with Crippen molar-refractivity contribution in [2.45, 2.75) is 6.54 Å². The van der Waals surface area contributed by atoms with Crippen LogP contribution in [0, 0.1) is 11.6 Å². The van der Waals surface area contributed by atoms with Crippen LogP contribution < -0.4 is 11.1 Å². The van der Waals surface area contributed by atoms with Crippen LogP contribution in [0.15, 0.2) is 21.0 Å². The van der Waals surface area contributed by atoms with Crippen LogP contribution in [0.5, 0.6) is 0 Å². The Balaban J connectivity index is 2.29. The van der Waals surface area contributed by atoms with Crippen LogP contribution in [0.2, 0.25) is 0 Å². The molecule has 0 saturated carbocycles. The Morgan fingerprint density at radius 3 is 2.47 bits per heavy atom. The molecule has 0 atom stereocenters. The van der Waals surface area contributed by atoms with Crippen LogP contribution in [-0.2, 0) is 6.54 Å². The van der Waals surface area contributed by atoms with E-state index >= 15 is 0 Å². The van der Waals surface area contributed by atoms with Gasteiger partial charge >= 0.3 is 6.01 Å². The summed E-state index contributed by atoms with van der Waals surface area (Å²) in [6.07, 6.45) is 0. The molecular weight excluding hydrogens is 298 g/mol. The minimum Gasteiger partial charge on any atom is -0.406 e. The third-order valence-corrected chi connectivity index (χ3v) is 2.34. The first-order valence-corrected chi connectivity index (χ1v) is 5.33. The van der Waals surface area contributed by atoms with Crippen molar-refractivity contribution in [2.24, 2.45) is 5.73 Å². The first-order chi connectivity index (χ1) is 8.10. The zero-order chi connectivity index (χ0) is 12.4. The van der Waals surface area contributed by atoms with E-state index in [1.54, 1.807) is 0 Å². The number of anilines is 2. The van der Waals surface area contributed by atoms with Crippen molar-refractivity contribution in [1.82, 2.24) is 10.2 Å². The smallest absolute Gasteiger partial charge is 0.320 e. The van der Waals surface area contributed by atoms with Gasteiger partial charge < -0.3 is 15.5 Å². The maximum Gasteiger partial charge on any atom is 0.320 e. The Morgan fingerprint density at radius 1 is 1.29 bits per heavy atom. The standard InChI is InChI=1S/C9H7BrF2N4O/c10-4-1-5(11)8(6(12)2-4)14-9-16-15-7(3-13)17-9/h1-2H,3,13H2,(H,14,16). The number of nitrogens with one attached hydrogen (secondary N) is 1. The molecule has 8 heteroatoms. The van der Waals surface area contributed by atoms with Crippen LogP contribution >= 0.6 is 15.9 Å². The number of benzene rings is 1. The maximum atomic E-state index is 13.4. The molecule has 0 saturated heterocycles. The predicted octanol–water partition coefficient (Wildman–Crippen LogP) is 2.31. The molecule has 0 aliphatic heterocycles.